The molecule has 6 heteroatoms. The van der Waals surface area contributed by atoms with E-state index in [1.54, 1.807) is 25.3 Å². The number of carbonyl (C=O) groups excluding carboxylic acids is 1. The molecule has 1 heterocycles. The second-order valence-corrected chi connectivity index (χ2v) is 6.33. The Morgan fingerprint density at radius 2 is 1.88 bits per heavy atom. The largest absolute Gasteiger partial charge is 0.368 e. The fraction of sp³-hybridized carbons (Fsp3) is 0.158. The van der Waals surface area contributed by atoms with Crippen molar-refractivity contribution in [3.63, 3.8) is 0 Å². The Bertz CT molecular complexity index is 862. The lowest BCUT2D eigenvalue weighted by atomic mass is 9.91. The van der Waals surface area contributed by atoms with Crippen molar-refractivity contribution in [3.05, 3.63) is 76.9 Å². The lowest BCUT2D eigenvalue weighted by Gasteiger charge is -2.28. The summed E-state index contributed by atoms with van der Waals surface area (Å²) in [7, 11) is 0. The molecule has 5 nitrogen and oxygen atoms in total. The second kappa shape index (κ2) is 7.09. The number of nitrogens with two attached hydrogens (primary N) is 1. The lowest BCUT2D eigenvalue weighted by molar-refractivity contribution is -0.124. The van der Waals surface area contributed by atoms with E-state index >= 15 is 0 Å². The van der Waals surface area contributed by atoms with Gasteiger partial charge in [-0.3, -0.25) is 10.1 Å². The van der Waals surface area contributed by atoms with Gasteiger partial charge in [-0.25, -0.2) is 0 Å². The van der Waals surface area contributed by atoms with Crippen LogP contribution in [0.25, 0.3) is 11.3 Å². The quantitative estimate of drug-likeness (QED) is 0.709. The summed E-state index contributed by atoms with van der Waals surface area (Å²) in [4.78, 5) is 12.1. The number of nitrogens with zero attached hydrogens (tertiary/aromatic N) is 1. The van der Waals surface area contributed by atoms with Crippen molar-refractivity contribution in [2.24, 2.45) is 5.73 Å². The van der Waals surface area contributed by atoms with Gasteiger partial charge in [0, 0.05) is 22.7 Å². The second-order valence-electron chi connectivity index (χ2n) is 5.90. The van der Waals surface area contributed by atoms with Gasteiger partial charge in [-0.1, -0.05) is 47.1 Å². The van der Waals surface area contributed by atoms with Crippen LogP contribution in [0.5, 0.6) is 0 Å². The molecule has 0 bridgehead atoms. The topological polar surface area (TPSA) is 81.2 Å². The molecule has 0 unspecified atom stereocenters. The fourth-order valence-electron chi connectivity index (χ4n) is 2.60. The minimum atomic E-state index is -1.00. The zero-order chi connectivity index (χ0) is 17.9. The van der Waals surface area contributed by atoms with Gasteiger partial charge in [0.2, 0.25) is 5.91 Å². The Morgan fingerprint density at radius 1 is 1.20 bits per heavy atom. The smallest absolute Gasteiger partial charge is 0.242 e. The number of carbonyl (C=O) groups is 1. The van der Waals surface area contributed by atoms with Crippen LogP contribution in [0.2, 0.25) is 5.02 Å². The van der Waals surface area contributed by atoms with Crippen molar-refractivity contribution in [3.8, 4) is 11.3 Å². The van der Waals surface area contributed by atoms with Gasteiger partial charge >= 0.3 is 0 Å². The molecule has 0 saturated carbocycles. The molecule has 128 valence electrons. The fourth-order valence-corrected chi connectivity index (χ4v) is 2.73. The maximum atomic E-state index is 12.1. The van der Waals surface area contributed by atoms with Crippen LogP contribution >= 0.6 is 11.6 Å². The molecule has 3 rings (SSSR count). The number of amides is 1. The molecular weight excluding hydrogens is 338 g/mol. The Kier molecular flexibility index (Phi) is 4.88. The van der Waals surface area contributed by atoms with Crippen molar-refractivity contribution in [1.29, 1.82) is 0 Å². The first-order valence-corrected chi connectivity index (χ1v) is 8.18. The SMILES string of the molecule is C[C@](NCc1cnoc1-c1ccc(Cl)cc1)(C(N)=O)c1ccccc1. The maximum absolute atomic E-state index is 12.1. The monoisotopic (exact) mass is 355 g/mol. The molecule has 1 atom stereocenters. The molecule has 25 heavy (non-hydrogen) atoms. The first kappa shape index (κ1) is 17.2. The number of hydrogen-bond donors (Lipinski definition) is 2. The number of aromatic nitrogens is 1. The van der Waals surface area contributed by atoms with Gasteiger partial charge in [0.1, 0.15) is 5.54 Å². The first-order chi connectivity index (χ1) is 12.0. The highest BCUT2D eigenvalue weighted by molar-refractivity contribution is 6.30. The molecule has 0 saturated heterocycles. The summed E-state index contributed by atoms with van der Waals surface area (Å²) in [5, 5.41) is 7.76. The van der Waals surface area contributed by atoms with Crippen molar-refractivity contribution in [2.75, 3.05) is 0 Å². The Labute approximate surface area is 150 Å². The Balaban J connectivity index is 1.85. The van der Waals surface area contributed by atoms with E-state index in [0.717, 1.165) is 16.7 Å². The van der Waals surface area contributed by atoms with E-state index in [0.29, 0.717) is 17.3 Å². The van der Waals surface area contributed by atoms with E-state index in [1.807, 2.05) is 42.5 Å². The van der Waals surface area contributed by atoms with E-state index in [1.165, 1.54) is 0 Å². The van der Waals surface area contributed by atoms with Crippen LogP contribution < -0.4 is 11.1 Å². The van der Waals surface area contributed by atoms with Crippen LogP contribution in [0.1, 0.15) is 18.1 Å². The molecule has 1 amide bonds. The van der Waals surface area contributed by atoms with E-state index < -0.39 is 11.4 Å². The van der Waals surface area contributed by atoms with Gasteiger partial charge in [0.15, 0.2) is 5.76 Å². The van der Waals surface area contributed by atoms with Gasteiger partial charge in [0.25, 0.3) is 0 Å². The third-order valence-electron chi connectivity index (χ3n) is 4.23. The van der Waals surface area contributed by atoms with Crippen molar-refractivity contribution in [1.82, 2.24) is 10.5 Å². The molecule has 0 spiro atoms. The zero-order valence-corrected chi connectivity index (χ0v) is 14.5. The van der Waals surface area contributed by atoms with Crippen molar-refractivity contribution >= 4 is 17.5 Å². The highest BCUT2D eigenvalue weighted by atomic mass is 35.5. The minimum Gasteiger partial charge on any atom is -0.368 e. The molecule has 0 aliphatic heterocycles. The van der Waals surface area contributed by atoms with Crippen molar-refractivity contribution < 1.29 is 9.32 Å². The number of benzene rings is 2. The highest BCUT2D eigenvalue weighted by Crippen LogP contribution is 2.27. The number of primary amides is 1. The first-order valence-electron chi connectivity index (χ1n) is 7.80. The zero-order valence-electron chi connectivity index (χ0n) is 13.7. The van der Waals surface area contributed by atoms with Gasteiger partial charge in [0.05, 0.1) is 6.20 Å². The number of nitrogens with one attached hydrogen (secondary N) is 1. The van der Waals surface area contributed by atoms with Crippen LogP contribution in [0.3, 0.4) is 0 Å². The van der Waals surface area contributed by atoms with Crippen LogP contribution in [0.4, 0.5) is 0 Å². The third kappa shape index (κ3) is 3.57. The average molecular weight is 356 g/mol. The summed E-state index contributed by atoms with van der Waals surface area (Å²) < 4.78 is 5.37. The van der Waals surface area contributed by atoms with E-state index in [2.05, 4.69) is 10.5 Å². The average Bonchev–Trinajstić information content (AvgIpc) is 3.09. The Morgan fingerprint density at radius 3 is 2.52 bits per heavy atom. The summed E-state index contributed by atoms with van der Waals surface area (Å²) >= 11 is 5.93. The van der Waals surface area contributed by atoms with E-state index in [-0.39, 0.29) is 0 Å². The lowest BCUT2D eigenvalue weighted by Crippen LogP contribution is -2.50. The van der Waals surface area contributed by atoms with Crippen molar-refractivity contribution in [2.45, 2.75) is 19.0 Å². The molecule has 3 N–H and O–H groups in total. The number of rotatable bonds is 6. The normalized spacial score (nSPS) is 13.4. The van der Waals surface area contributed by atoms with Gasteiger partial charge in [-0.05, 0) is 36.8 Å². The molecule has 3 aromatic rings. The number of hydrogen-bond acceptors (Lipinski definition) is 4. The summed E-state index contributed by atoms with van der Waals surface area (Å²) in [5.41, 5.74) is 7.13. The molecule has 0 aliphatic rings. The van der Waals surface area contributed by atoms with E-state index in [4.69, 9.17) is 21.9 Å². The van der Waals surface area contributed by atoms with Gasteiger partial charge < -0.3 is 10.3 Å². The summed E-state index contributed by atoms with van der Waals surface area (Å²) in [6.45, 7) is 2.13. The summed E-state index contributed by atoms with van der Waals surface area (Å²) in [6.07, 6.45) is 1.63. The predicted octanol–water partition coefficient (Wildman–Crippen LogP) is 3.49. The molecular formula is C19H18ClN3O2. The maximum Gasteiger partial charge on any atom is 0.242 e. The predicted molar refractivity (Wildman–Crippen MR) is 96.8 cm³/mol. The molecule has 1 aromatic heterocycles. The minimum absolute atomic E-state index is 0.371. The van der Waals surface area contributed by atoms with Crippen LogP contribution in [0.15, 0.2) is 65.3 Å². The van der Waals surface area contributed by atoms with Crippen LogP contribution in [-0.4, -0.2) is 11.1 Å². The molecule has 0 aliphatic carbocycles. The summed E-state index contributed by atoms with van der Waals surface area (Å²) in [6, 6.07) is 16.7. The van der Waals surface area contributed by atoms with Gasteiger partial charge in [-0.15, -0.1) is 0 Å². The molecule has 0 fully saturated rings. The molecule has 2 aromatic carbocycles. The Hall–Kier alpha value is -2.63. The highest BCUT2D eigenvalue weighted by Gasteiger charge is 2.33. The third-order valence-corrected chi connectivity index (χ3v) is 4.48. The molecule has 0 radical (unpaired) electrons. The van der Waals surface area contributed by atoms with Crippen LogP contribution in [-0.2, 0) is 16.9 Å². The number of halogens is 1. The standard InChI is InChI=1S/C19H18ClN3O2/c1-19(18(21)24,15-5-3-2-4-6-15)22-11-14-12-23-25-17(14)13-7-9-16(20)10-8-13/h2-10,12,22H,11H2,1H3,(H2,21,24)/t19-/m1/s1. The van der Waals surface area contributed by atoms with E-state index in [9.17, 15) is 4.79 Å². The van der Waals surface area contributed by atoms with Gasteiger partial charge in [-0.2, -0.15) is 0 Å². The van der Waals surface area contributed by atoms with Crippen LogP contribution in [0, 0.1) is 0 Å². The summed E-state index contributed by atoms with van der Waals surface area (Å²) in [5.74, 6) is 0.173.